The number of benzene rings is 1. The van der Waals surface area contributed by atoms with Crippen LogP contribution < -0.4 is 4.52 Å². The fourth-order valence-electron chi connectivity index (χ4n) is 0.817. The molecular formula is C8H9Cl2O3PS. The number of rotatable bonds is 4. The Morgan fingerprint density at radius 1 is 1.20 bits per heavy atom. The van der Waals surface area contributed by atoms with Crippen LogP contribution in [0.2, 0.25) is 10.0 Å². The van der Waals surface area contributed by atoms with E-state index < -0.39 is 6.72 Å². The van der Waals surface area contributed by atoms with Crippen LogP contribution in [0.5, 0.6) is 5.75 Å². The van der Waals surface area contributed by atoms with Gasteiger partial charge >= 0.3 is 6.72 Å². The Morgan fingerprint density at radius 3 is 2.33 bits per heavy atom. The molecule has 0 aliphatic heterocycles. The molecular weight excluding hydrogens is 278 g/mol. The smallest absolute Gasteiger partial charge is 0.380 e. The van der Waals surface area contributed by atoms with Crippen LogP contribution in [0.4, 0.5) is 0 Å². The van der Waals surface area contributed by atoms with Gasteiger partial charge in [-0.2, -0.15) is 0 Å². The van der Waals surface area contributed by atoms with Gasteiger partial charge < -0.3 is 13.6 Å². The predicted molar refractivity (Wildman–Crippen MR) is 65.4 cm³/mol. The Morgan fingerprint density at radius 2 is 1.80 bits per heavy atom. The minimum Gasteiger partial charge on any atom is -0.422 e. The first kappa shape index (κ1) is 13.2. The number of halogens is 2. The lowest BCUT2D eigenvalue weighted by Gasteiger charge is -2.18. The van der Waals surface area contributed by atoms with Gasteiger partial charge in [-0.05, 0) is 12.1 Å². The van der Waals surface area contributed by atoms with Crippen molar-refractivity contribution in [2.45, 2.75) is 0 Å². The summed E-state index contributed by atoms with van der Waals surface area (Å²) in [7, 11) is 2.84. The van der Waals surface area contributed by atoms with Crippen molar-refractivity contribution < 1.29 is 13.6 Å². The van der Waals surface area contributed by atoms with Crippen LogP contribution in [0.3, 0.4) is 0 Å². The van der Waals surface area contributed by atoms with E-state index in [1.165, 1.54) is 14.2 Å². The molecule has 0 spiro atoms. The van der Waals surface area contributed by atoms with Gasteiger partial charge in [-0.25, -0.2) is 0 Å². The van der Waals surface area contributed by atoms with Crippen molar-refractivity contribution in [3.05, 3.63) is 28.2 Å². The first-order valence-corrected chi connectivity index (χ1v) is 7.18. The monoisotopic (exact) mass is 286 g/mol. The molecule has 0 fully saturated rings. The SMILES string of the molecule is COP(=S)(OC)Oc1cc(Cl)ccc1Cl. The minimum absolute atomic E-state index is 0.358. The average molecular weight is 287 g/mol. The van der Waals surface area contributed by atoms with Gasteiger partial charge in [0, 0.05) is 37.1 Å². The molecule has 0 radical (unpaired) electrons. The summed E-state index contributed by atoms with van der Waals surface area (Å²) in [6, 6.07) is 4.83. The Labute approximate surface area is 103 Å². The maximum atomic E-state index is 5.89. The highest BCUT2D eigenvalue weighted by Crippen LogP contribution is 2.50. The molecule has 7 heteroatoms. The first-order valence-electron chi connectivity index (χ1n) is 3.87. The topological polar surface area (TPSA) is 27.7 Å². The summed E-state index contributed by atoms with van der Waals surface area (Å²) in [4.78, 5) is 0. The van der Waals surface area contributed by atoms with Crippen molar-refractivity contribution in [3.8, 4) is 5.75 Å². The van der Waals surface area contributed by atoms with Crippen molar-refractivity contribution >= 4 is 41.7 Å². The summed E-state index contributed by atoms with van der Waals surface area (Å²) in [5.41, 5.74) is 0. The second-order valence-electron chi connectivity index (χ2n) is 2.48. The molecule has 0 N–H and O–H groups in total. The summed E-state index contributed by atoms with van der Waals surface area (Å²) in [5, 5.41) is 0.908. The first-order chi connectivity index (χ1) is 7.00. The highest BCUT2D eigenvalue weighted by molar-refractivity contribution is 8.07. The van der Waals surface area contributed by atoms with Gasteiger partial charge in [0.2, 0.25) is 0 Å². The van der Waals surface area contributed by atoms with Crippen LogP contribution in [0.25, 0.3) is 0 Å². The van der Waals surface area contributed by atoms with Crippen molar-refractivity contribution in [1.82, 2.24) is 0 Å². The molecule has 0 amide bonds. The molecule has 1 rings (SSSR count). The number of hydrogen-bond donors (Lipinski definition) is 0. The summed E-state index contributed by atoms with van der Waals surface area (Å²) in [6.45, 7) is -2.76. The van der Waals surface area contributed by atoms with E-state index in [0.29, 0.717) is 15.8 Å². The standard InChI is InChI=1S/C8H9Cl2O3PS/c1-11-14(15,12-2)13-8-5-6(9)3-4-7(8)10/h3-5H,1-2H3. The molecule has 0 bridgehead atoms. The molecule has 84 valence electrons. The average Bonchev–Trinajstić information content (AvgIpc) is 2.23. The third-order valence-corrected chi connectivity index (χ3v) is 4.53. The van der Waals surface area contributed by atoms with E-state index in [-0.39, 0.29) is 0 Å². The maximum Gasteiger partial charge on any atom is 0.380 e. The Bertz CT molecular complexity index is 391. The predicted octanol–water partition coefficient (Wildman–Crippen LogP) is 3.89. The lowest BCUT2D eigenvalue weighted by molar-refractivity contribution is 0.273. The molecule has 0 atom stereocenters. The zero-order chi connectivity index (χ0) is 11.5. The summed E-state index contributed by atoms with van der Waals surface area (Å²) < 4.78 is 15.3. The highest BCUT2D eigenvalue weighted by atomic mass is 35.5. The molecule has 0 aromatic heterocycles. The molecule has 0 aliphatic rings. The maximum absolute atomic E-state index is 5.89. The molecule has 0 unspecified atom stereocenters. The Hall–Kier alpha value is 0.170. The molecule has 3 nitrogen and oxygen atoms in total. The zero-order valence-corrected chi connectivity index (χ0v) is 11.3. The highest BCUT2D eigenvalue weighted by Gasteiger charge is 2.20. The van der Waals surface area contributed by atoms with E-state index in [4.69, 9.17) is 48.6 Å². The van der Waals surface area contributed by atoms with E-state index in [0.717, 1.165) is 0 Å². The van der Waals surface area contributed by atoms with Crippen molar-refractivity contribution in [2.75, 3.05) is 14.2 Å². The van der Waals surface area contributed by atoms with Gasteiger partial charge in [0.15, 0.2) is 0 Å². The van der Waals surface area contributed by atoms with Gasteiger partial charge in [0.25, 0.3) is 0 Å². The molecule has 15 heavy (non-hydrogen) atoms. The molecule has 0 saturated heterocycles. The number of hydrogen-bond acceptors (Lipinski definition) is 4. The van der Waals surface area contributed by atoms with Gasteiger partial charge in [0.1, 0.15) is 5.75 Å². The van der Waals surface area contributed by atoms with Crippen LogP contribution in [-0.2, 0) is 20.9 Å². The zero-order valence-electron chi connectivity index (χ0n) is 8.07. The molecule has 0 aliphatic carbocycles. The van der Waals surface area contributed by atoms with E-state index in [9.17, 15) is 0 Å². The Balaban J connectivity index is 2.98. The fourth-order valence-corrected chi connectivity index (χ4v) is 2.12. The van der Waals surface area contributed by atoms with Crippen molar-refractivity contribution in [1.29, 1.82) is 0 Å². The Kier molecular flexibility index (Phi) is 4.84. The second kappa shape index (κ2) is 5.48. The van der Waals surface area contributed by atoms with Crippen molar-refractivity contribution in [2.24, 2.45) is 0 Å². The van der Waals surface area contributed by atoms with Crippen molar-refractivity contribution in [3.63, 3.8) is 0 Å². The summed E-state index contributed by atoms with van der Waals surface area (Å²) in [6.07, 6.45) is 0. The third-order valence-electron chi connectivity index (χ3n) is 1.55. The van der Waals surface area contributed by atoms with Gasteiger partial charge in [0.05, 0.1) is 5.02 Å². The molecule has 1 aromatic carbocycles. The molecule has 1 aromatic rings. The van der Waals surface area contributed by atoms with Gasteiger partial charge in [-0.15, -0.1) is 0 Å². The minimum atomic E-state index is -2.76. The largest absolute Gasteiger partial charge is 0.422 e. The third kappa shape index (κ3) is 3.59. The second-order valence-corrected chi connectivity index (χ2v) is 6.47. The van der Waals surface area contributed by atoms with E-state index in [1.54, 1.807) is 18.2 Å². The van der Waals surface area contributed by atoms with Gasteiger partial charge in [-0.1, -0.05) is 23.2 Å². The van der Waals surface area contributed by atoms with Crippen LogP contribution >= 0.6 is 29.9 Å². The fraction of sp³-hybridized carbons (Fsp3) is 0.250. The lowest BCUT2D eigenvalue weighted by atomic mass is 10.3. The molecule has 0 heterocycles. The van der Waals surface area contributed by atoms with E-state index in [2.05, 4.69) is 0 Å². The van der Waals surface area contributed by atoms with Crippen LogP contribution in [0.15, 0.2) is 18.2 Å². The van der Waals surface area contributed by atoms with E-state index >= 15 is 0 Å². The van der Waals surface area contributed by atoms with E-state index in [1.807, 2.05) is 0 Å². The molecule has 0 saturated carbocycles. The normalized spacial score (nSPS) is 11.5. The summed E-state index contributed by atoms with van der Waals surface area (Å²) in [5.74, 6) is 0.358. The van der Waals surface area contributed by atoms with Crippen LogP contribution in [0, 0.1) is 0 Å². The summed E-state index contributed by atoms with van der Waals surface area (Å²) >= 11 is 16.7. The lowest BCUT2D eigenvalue weighted by Crippen LogP contribution is -1.97. The van der Waals surface area contributed by atoms with Crippen LogP contribution in [-0.4, -0.2) is 14.2 Å². The quantitative estimate of drug-likeness (QED) is 0.785. The van der Waals surface area contributed by atoms with Crippen LogP contribution in [0.1, 0.15) is 0 Å². The van der Waals surface area contributed by atoms with Gasteiger partial charge in [-0.3, -0.25) is 0 Å².